The van der Waals surface area contributed by atoms with Crippen molar-refractivity contribution in [3.8, 4) is 10.4 Å². The molecule has 1 amide bonds. The molecule has 0 saturated heterocycles. The van der Waals surface area contributed by atoms with Gasteiger partial charge in [0, 0.05) is 39.0 Å². The fraction of sp³-hybridized carbons (Fsp3) is 0. The van der Waals surface area contributed by atoms with Crippen molar-refractivity contribution >= 4 is 40.7 Å². The highest BCUT2D eigenvalue weighted by Gasteiger charge is 2.30. The first-order chi connectivity index (χ1) is 16.1. The lowest BCUT2D eigenvalue weighted by atomic mass is 10.1. The van der Waals surface area contributed by atoms with Crippen molar-refractivity contribution in [3.05, 3.63) is 113 Å². The fourth-order valence-electron chi connectivity index (χ4n) is 3.61. The van der Waals surface area contributed by atoms with Crippen LogP contribution in [0.5, 0.6) is 0 Å². The zero-order chi connectivity index (χ0) is 22.8. The first kappa shape index (κ1) is 20.5. The van der Waals surface area contributed by atoms with Crippen molar-refractivity contribution in [2.45, 2.75) is 0 Å². The number of hydrogen-bond donors (Lipinski definition) is 1. The van der Waals surface area contributed by atoms with E-state index in [1.807, 2.05) is 54.6 Å². The number of carboxylic acid groups (broad SMARTS) is 1. The number of rotatable bonds is 5. The van der Waals surface area contributed by atoms with Crippen LogP contribution in [-0.4, -0.2) is 27.0 Å². The van der Waals surface area contributed by atoms with Gasteiger partial charge in [-0.05, 0) is 54.1 Å². The molecule has 6 nitrogen and oxygen atoms in total. The Kier molecular flexibility index (Phi) is 5.38. The van der Waals surface area contributed by atoms with Crippen LogP contribution in [0, 0.1) is 0 Å². The van der Waals surface area contributed by atoms with Gasteiger partial charge in [0.1, 0.15) is 6.33 Å². The molecule has 0 bridgehead atoms. The maximum atomic E-state index is 13.5. The Hall–Kier alpha value is -4.36. The SMILES string of the molecule is O=C(O)c1ccc(N2C(=O)/C(=C/c3ccc(-c4cncnc4)s3)C=C2c2ccccc2)cc1. The molecule has 2 aromatic heterocycles. The smallest absolute Gasteiger partial charge is 0.335 e. The molecule has 3 heterocycles. The van der Waals surface area contributed by atoms with Gasteiger partial charge in [-0.25, -0.2) is 14.8 Å². The third-order valence-electron chi connectivity index (χ3n) is 5.19. The summed E-state index contributed by atoms with van der Waals surface area (Å²) in [6.45, 7) is 0. The van der Waals surface area contributed by atoms with Crippen LogP contribution in [-0.2, 0) is 4.79 Å². The van der Waals surface area contributed by atoms with Gasteiger partial charge >= 0.3 is 5.97 Å². The Morgan fingerprint density at radius 3 is 2.33 bits per heavy atom. The van der Waals surface area contributed by atoms with Gasteiger partial charge in [0.2, 0.25) is 0 Å². The van der Waals surface area contributed by atoms with Gasteiger partial charge in [-0.3, -0.25) is 9.69 Å². The van der Waals surface area contributed by atoms with Crippen LogP contribution in [0.25, 0.3) is 22.2 Å². The number of thiophene rings is 1. The second-order valence-electron chi connectivity index (χ2n) is 7.32. The number of anilines is 1. The molecule has 1 N–H and O–H groups in total. The van der Waals surface area contributed by atoms with E-state index in [1.165, 1.54) is 18.5 Å². The van der Waals surface area contributed by atoms with E-state index in [9.17, 15) is 14.7 Å². The van der Waals surface area contributed by atoms with Crippen molar-refractivity contribution in [1.29, 1.82) is 0 Å². The van der Waals surface area contributed by atoms with E-state index in [4.69, 9.17) is 0 Å². The highest BCUT2D eigenvalue weighted by molar-refractivity contribution is 7.16. The van der Waals surface area contributed by atoms with Crippen LogP contribution >= 0.6 is 11.3 Å². The molecule has 4 aromatic rings. The van der Waals surface area contributed by atoms with E-state index >= 15 is 0 Å². The minimum absolute atomic E-state index is 0.169. The van der Waals surface area contributed by atoms with Crippen LogP contribution in [0.4, 0.5) is 5.69 Å². The zero-order valence-electron chi connectivity index (χ0n) is 17.3. The van der Waals surface area contributed by atoms with E-state index in [0.29, 0.717) is 11.3 Å². The topological polar surface area (TPSA) is 83.4 Å². The summed E-state index contributed by atoms with van der Waals surface area (Å²) in [5.74, 6) is -1.18. The highest BCUT2D eigenvalue weighted by Crippen LogP contribution is 2.36. The molecule has 1 aliphatic heterocycles. The number of carbonyl (C=O) groups is 2. The first-order valence-electron chi connectivity index (χ1n) is 10.1. The fourth-order valence-corrected chi connectivity index (χ4v) is 4.55. The number of aromatic carboxylic acids is 1. The Labute approximate surface area is 193 Å². The number of aromatic nitrogens is 2. The van der Waals surface area contributed by atoms with Crippen LogP contribution in [0.2, 0.25) is 0 Å². The second kappa shape index (κ2) is 8.64. The van der Waals surface area contributed by atoms with Crippen LogP contribution in [0.3, 0.4) is 0 Å². The molecule has 0 saturated carbocycles. The normalized spacial score (nSPS) is 14.5. The van der Waals surface area contributed by atoms with Crippen molar-refractivity contribution in [2.75, 3.05) is 4.90 Å². The molecule has 0 aliphatic carbocycles. The van der Waals surface area contributed by atoms with Crippen molar-refractivity contribution < 1.29 is 14.7 Å². The van der Waals surface area contributed by atoms with E-state index in [1.54, 1.807) is 40.8 Å². The minimum Gasteiger partial charge on any atom is -0.478 e. The Balaban J connectivity index is 1.54. The number of benzene rings is 2. The van der Waals surface area contributed by atoms with Gasteiger partial charge in [0.05, 0.1) is 11.3 Å². The summed E-state index contributed by atoms with van der Waals surface area (Å²) in [7, 11) is 0. The van der Waals surface area contributed by atoms with Gasteiger partial charge in [-0.15, -0.1) is 11.3 Å². The van der Waals surface area contributed by atoms with Gasteiger partial charge in [0.15, 0.2) is 0 Å². The summed E-state index contributed by atoms with van der Waals surface area (Å²) in [6.07, 6.45) is 8.74. The predicted octanol–water partition coefficient (Wildman–Crippen LogP) is 5.37. The third-order valence-corrected chi connectivity index (χ3v) is 6.28. The quantitative estimate of drug-likeness (QED) is 0.412. The second-order valence-corrected chi connectivity index (χ2v) is 8.43. The van der Waals surface area contributed by atoms with Gasteiger partial charge < -0.3 is 5.11 Å². The Morgan fingerprint density at radius 1 is 0.909 bits per heavy atom. The number of hydrogen-bond acceptors (Lipinski definition) is 5. The first-order valence-corrected chi connectivity index (χ1v) is 10.9. The molecule has 2 aromatic carbocycles. The third kappa shape index (κ3) is 4.09. The van der Waals surface area contributed by atoms with E-state index in [2.05, 4.69) is 9.97 Å². The molecule has 0 unspecified atom stereocenters. The minimum atomic E-state index is -1.01. The molecule has 160 valence electrons. The molecule has 0 spiro atoms. The summed E-state index contributed by atoms with van der Waals surface area (Å²) in [5.41, 5.74) is 3.88. The molecule has 5 rings (SSSR count). The lowest BCUT2D eigenvalue weighted by Crippen LogP contribution is -2.25. The maximum Gasteiger partial charge on any atom is 0.335 e. The monoisotopic (exact) mass is 451 g/mol. The molecular formula is C26H17N3O3S. The Morgan fingerprint density at radius 2 is 1.64 bits per heavy atom. The molecule has 1 aliphatic rings. The molecule has 0 radical (unpaired) electrons. The summed E-state index contributed by atoms with van der Waals surface area (Å²) in [6, 6.07) is 19.9. The van der Waals surface area contributed by atoms with Gasteiger partial charge in [-0.2, -0.15) is 0 Å². The Bertz CT molecular complexity index is 1390. The average Bonchev–Trinajstić information content (AvgIpc) is 3.45. The molecule has 33 heavy (non-hydrogen) atoms. The van der Waals surface area contributed by atoms with Crippen LogP contribution in [0.15, 0.2) is 97.1 Å². The maximum absolute atomic E-state index is 13.5. The molecular weight excluding hydrogens is 434 g/mol. The van der Waals surface area contributed by atoms with E-state index < -0.39 is 5.97 Å². The van der Waals surface area contributed by atoms with E-state index in [0.717, 1.165) is 26.6 Å². The largest absolute Gasteiger partial charge is 0.478 e. The summed E-state index contributed by atoms with van der Waals surface area (Å²) in [5, 5.41) is 9.21. The summed E-state index contributed by atoms with van der Waals surface area (Å²) >= 11 is 1.55. The van der Waals surface area contributed by atoms with Crippen molar-refractivity contribution in [1.82, 2.24) is 9.97 Å². The number of nitrogens with zero attached hydrogens (tertiary/aromatic N) is 3. The lowest BCUT2D eigenvalue weighted by Gasteiger charge is -2.21. The summed E-state index contributed by atoms with van der Waals surface area (Å²) in [4.78, 5) is 36.4. The van der Waals surface area contributed by atoms with Gasteiger partial charge in [0.25, 0.3) is 5.91 Å². The van der Waals surface area contributed by atoms with Gasteiger partial charge in [-0.1, -0.05) is 30.3 Å². The molecule has 0 atom stereocenters. The van der Waals surface area contributed by atoms with Crippen molar-refractivity contribution in [3.63, 3.8) is 0 Å². The average molecular weight is 452 g/mol. The van der Waals surface area contributed by atoms with Crippen molar-refractivity contribution in [2.24, 2.45) is 0 Å². The summed E-state index contributed by atoms with van der Waals surface area (Å²) < 4.78 is 0. The number of carbonyl (C=O) groups excluding carboxylic acids is 1. The number of amides is 1. The molecule has 0 fully saturated rings. The molecule has 7 heteroatoms. The highest BCUT2D eigenvalue weighted by atomic mass is 32.1. The lowest BCUT2D eigenvalue weighted by molar-refractivity contribution is -0.113. The number of carboxylic acids is 1. The van der Waals surface area contributed by atoms with E-state index in [-0.39, 0.29) is 11.5 Å². The van der Waals surface area contributed by atoms with Crippen LogP contribution < -0.4 is 4.90 Å². The zero-order valence-corrected chi connectivity index (χ0v) is 18.1. The van der Waals surface area contributed by atoms with Crippen LogP contribution in [0.1, 0.15) is 20.8 Å². The standard InChI is InChI=1S/C26H17N3O3S/c30-25-19(12-22-10-11-24(33-22)20-14-27-16-28-15-20)13-23(17-4-2-1-3-5-17)29(25)21-8-6-18(7-9-21)26(31)32/h1-16H,(H,31,32)/b19-12+. The predicted molar refractivity (Wildman–Crippen MR) is 129 cm³/mol.